The Bertz CT molecular complexity index is 1210. The van der Waals surface area contributed by atoms with Gasteiger partial charge >= 0.3 is 5.97 Å². The van der Waals surface area contributed by atoms with E-state index in [9.17, 15) is 14.4 Å². The normalized spacial score (nSPS) is 11.7. The van der Waals surface area contributed by atoms with Crippen LogP contribution in [-0.4, -0.2) is 36.8 Å². The summed E-state index contributed by atoms with van der Waals surface area (Å²) in [7, 11) is 0. The minimum Gasteiger partial charge on any atom is -0.454 e. The largest absolute Gasteiger partial charge is 0.454 e. The molecule has 0 spiro atoms. The van der Waals surface area contributed by atoms with Gasteiger partial charge in [0, 0.05) is 22.2 Å². The van der Waals surface area contributed by atoms with E-state index in [0.717, 1.165) is 12.0 Å². The van der Waals surface area contributed by atoms with E-state index in [4.69, 9.17) is 14.2 Å². The Labute approximate surface area is 201 Å². The molecule has 3 aromatic carbocycles. The first-order valence-electron chi connectivity index (χ1n) is 10.7. The van der Waals surface area contributed by atoms with Gasteiger partial charge in [-0.05, 0) is 36.2 Å². The molecule has 0 saturated carbocycles. The van der Waals surface area contributed by atoms with Gasteiger partial charge in [-0.3, -0.25) is 9.59 Å². The number of ketones is 1. The van der Waals surface area contributed by atoms with Gasteiger partial charge in [-0.25, -0.2) is 4.79 Å². The van der Waals surface area contributed by atoms with Crippen LogP contribution in [0.25, 0.3) is 0 Å². The summed E-state index contributed by atoms with van der Waals surface area (Å²) >= 11 is 1.21. The highest BCUT2D eigenvalue weighted by Gasteiger charge is 2.17. The average molecular weight is 478 g/mol. The standard InChI is InChI=1S/C26H23NO6S/c1-2-17-7-9-18(10-8-17)21(28)14-31-26(30)20-5-3-4-6-24(20)34-15-25(29)27-19-11-12-22-23(13-19)33-16-32-22/h3-13H,2,14-16H2,1H3,(H,27,29). The van der Waals surface area contributed by atoms with Crippen LogP contribution in [0.15, 0.2) is 71.6 Å². The van der Waals surface area contributed by atoms with Crippen molar-refractivity contribution in [2.24, 2.45) is 0 Å². The smallest absolute Gasteiger partial charge is 0.339 e. The van der Waals surface area contributed by atoms with Gasteiger partial charge in [0.15, 0.2) is 23.9 Å². The quantitative estimate of drug-likeness (QED) is 0.270. The number of anilines is 1. The molecule has 0 aromatic heterocycles. The Morgan fingerprint density at radius 1 is 0.971 bits per heavy atom. The van der Waals surface area contributed by atoms with Gasteiger partial charge in [0.1, 0.15) is 0 Å². The van der Waals surface area contributed by atoms with Crippen molar-refractivity contribution in [2.45, 2.75) is 18.2 Å². The number of carbonyl (C=O) groups is 3. The highest BCUT2D eigenvalue weighted by atomic mass is 32.2. The second-order valence-corrected chi connectivity index (χ2v) is 8.47. The minimum absolute atomic E-state index is 0.0848. The van der Waals surface area contributed by atoms with Gasteiger partial charge in [-0.2, -0.15) is 0 Å². The molecule has 4 rings (SSSR count). The summed E-state index contributed by atoms with van der Waals surface area (Å²) in [6.45, 7) is 1.84. The van der Waals surface area contributed by atoms with Crippen molar-refractivity contribution >= 4 is 35.1 Å². The number of hydrogen-bond donors (Lipinski definition) is 1. The molecule has 1 N–H and O–H groups in total. The van der Waals surface area contributed by atoms with E-state index in [2.05, 4.69) is 5.32 Å². The number of Topliss-reactive ketones (excluding diaryl/α,β-unsaturated/α-hetero) is 1. The Balaban J connectivity index is 1.32. The maximum Gasteiger partial charge on any atom is 0.339 e. The van der Waals surface area contributed by atoms with Crippen LogP contribution in [-0.2, 0) is 16.0 Å². The van der Waals surface area contributed by atoms with Crippen molar-refractivity contribution in [2.75, 3.05) is 24.5 Å². The first kappa shape index (κ1) is 23.4. The number of rotatable bonds is 9. The zero-order chi connectivity index (χ0) is 23.9. The van der Waals surface area contributed by atoms with Crippen LogP contribution in [0.4, 0.5) is 5.69 Å². The van der Waals surface area contributed by atoms with Crippen LogP contribution in [0, 0.1) is 0 Å². The second-order valence-electron chi connectivity index (χ2n) is 7.45. The van der Waals surface area contributed by atoms with Gasteiger partial charge in [-0.1, -0.05) is 43.3 Å². The van der Waals surface area contributed by atoms with E-state index >= 15 is 0 Å². The van der Waals surface area contributed by atoms with Crippen LogP contribution in [0.1, 0.15) is 33.2 Å². The minimum atomic E-state index is -0.613. The second kappa shape index (κ2) is 10.9. The van der Waals surface area contributed by atoms with Gasteiger partial charge < -0.3 is 19.5 Å². The molecule has 8 heteroatoms. The highest BCUT2D eigenvalue weighted by Crippen LogP contribution is 2.34. The summed E-state index contributed by atoms with van der Waals surface area (Å²) in [6, 6.07) is 19.2. The molecule has 1 heterocycles. The van der Waals surface area contributed by atoms with E-state index in [1.807, 2.05) is 19.1 Å². The molecule has 0 unspecified atom stereocenters. The molecule has 0 atom stereocenters. The average Bonchev–Trinajstić information content (AvgIpc) is 3.34. The lowest BCUT2D eigenvalue weighted by atomic mass is 10.1. The van der Waals surface area contributed by atoms with Crippen molar-refractivity contribution in [3.63, 3.8) is 0 Å². The van der Waals surface area contributed by atoms with Gasteiger partial charge in [0.05, 0.1) is 11.3 Å². The molecule has 34 heavy (non-hydrogen) atoms. The first-order chi connectivity index (χ1) is 16.5. The number of esters is 1. The van der Waals surface area contributed by atoms with E-state index < -0.39 is 5.97 Å². The van der Waals surface area contributed by atoms with Crippen molar-refractivity contribution < 1.29 is 28.6 Å². The number of amides is 1. The van der Waals surface area contributed by atoms with Crippen LogP contribution >= 0.6 is 11.8 Å². The molecule has 1 amide bonds. The third kappa shape index (κ3) is 5.77. The van der Waals surface area contributed by atoms with Crippen LogP contribution in [0.3, 0.4) is 0 Å². The summed E-state index contributed by atoms with van der Waals surface area (Å²) in [5.41, 5.74) is 2.51. The Hall–Kier alpha value is -3.78. The molecule has 7 nitrogen and oxygen atoms in total. The van der Waals surface area contributed by atoms with Crippen LogP contribution in [0.2, 0.25) is 0 Å². The van der Waals surface area contributed by atoms with Crippen molar-refractivity contribution in [3.8, 4) is 11.5 Å². The van der Waals surface area contributed by atoms with Crippen molar-refractivity contribution in [1.82, 2.24) is 0 Å². The Kier molecular flexibility index (Phi) is 7.49. The lowest BCUT2D eigenvalue weighted by Crippen LogP contribution is -2.16. The Morgan fingerprint density at radius 2 is 1.74 bits per heavy atom. The number of ether oxygens (including phenoxy) is 3. The molecule has 1 aliphatic heterocycles. The third-order valence-corrected chi connectivity index (χ3v) is 6.21. The lowest BCUT2D eigenvalue weighted by Gasteiger charge is -2.10. The fraction of sp³-hybridized carbons (Fsp3) is 0.192. The molecule has 0 saturated heterocycles. The topological polar surface area (TPSA) is 90.9 Å². The molecular formula is C26H23NO6S. The third-order valence-electron chi connectivity index (χ3n) is 5.14. The predicted molar refractivity (Wildman–Crippen MR) is 129 cm³/mol. The molecule has 174 valence electrons. The molecule has 0 aliphatic carbocycles. The van der Waals surface area contributed by atoms with E-state index in [0.29, 0.717) is 33.2 Å². The lowest BCUT2D eigenvalue weighted by molar-refractivity contribution is -0.113. The molecular weight excluding hydrogens is 454 g/mol. The highest BCUT2D eigenvalue weighted by molar-refractivity contribution is 8.00. The predicted octanol–water partition coefficient (Wildman–Crippen LogP) is 4.75. The Morgan fingerprint density at radius 3 is 2.53 bits per heavy atom. The summed E-state index contributed by atoms with van der Waals surface area (Å²) in [4.78, 5) is 38.0. The molecule has 1 aliphatic rings. The maximum absolute atomic E-state index is 12.6. The number of carbonyl (C=O) groups excluding carboxylic acids is 3. The van der Waals surface area contributed by atoms with Crippen LogP contribution in [0.5, 0.6) is 11.5 Å². The molecule has 0 fully saturated rings. The maximum atomic E-state index is 12.6. The van der Waals surface area contributed by atoms with Crippen LogP contribution < -0.4 is 14.8 Å². The zero-order valence-electron chi connectivity index (χ0n) is 18.5. The molecule has 0 bridgehead atoms. The van der Waals surface area contributed by atoms with E-state index in [1.54, 1.807) is 54.6 Å². The van der Waals surface area contributed by atoms with E-state index in [1.165, 1.54) is 11.8 Å². The summed E-state index contributed by atoms with van der Waals surface area (Å²) in [6.07, 6.45) is 0.882. The summed E-state index contributed by atoms with van der Waals surface area (Å²) < 4.78 is 15.8. The SMILES string of the molecule is CCc1ccc(C(=O)COC(=O)c2ccccc2SCC(=O)Nc2ccc3c(c2)OCO3)cc1. The molecule has 3 aromatic rings. The number of aryl methyl sites for hydroxylation is 1. The fourth-order valence-electron chi connectivity index (χ4n) is 3.29. The number of hydrogen-bond acceptors (Lipinski definition) is 7. The van der Waals surface area contributed by atoms with Gasteiger partial charge in [0.2, 0.25) is 12.7 Å². The monoisotopic (exact) mass is 477 g/mol. The van der Waals surface area contributed by atoms with Gasteiger partial charge in [-0.15, -0.1) is 11.8 Å². The molecule has 0 radical (unpaired) electrons. The number of fused-ring (bicyclic) bond motifs is 1. The fourth-order valence-corrected chi connectivity index (χ4v) is 4.13. The summed E-state index contributed by atoms with van der Waals surface area (Å²) in [5, 5.41) is 2.80. The first-order valence-corrected chi connectivity index (χ1v) is 11.7. The van der Waals surface area contributed by atoms with E-state index in [-0.39, 0.29) is 30.8 Å². The number of nitrogens with one attached hydrogen (secondary N) is 1. The summed E-state index contributed by atoms with van der Waals surface area (Å²) in [5.74, 6) is 0.173. The number of thioether (sulfide) groups is 1. The van der Waals surface area contributed by atoms with Gasteiger partial charge in [0.25, 0.3) is 0 Å². The zero-order valence-corrected chi connectivity index (χ0v) is 19.4. The number of benzene rings is 3. The van der Waals surface area contributed by atoms with Crippen molar-refractivity contribution in [3.05, 3.63) is 83.4 Å². The van der Waals surface area contributed by atoms with Crippen molar-refractivity contribution in [1.29, 1.82) is 0 Å².